The van der Waals surface area contributed by atoms with Crippen molar-refractivity contribution >= 4 is 39.0 Å². The largest absolute Gasteiger partial charge is 0.259 e. The predicted octanol–water partition coefficient (Wildman–Crippen LogP) is 3.33. The molecule has 4 rings (SSSR count). The zero-order valence-corrected chi connectivity index (χ0v) is 12.4. The van der Waals surface area contributed by atoms with E-state index in [2.05, 4.69) is 17.1 Å². The van der Waals surface area contributed by atoms with Crippen LogP contribution >= 0.6 is 23.1 Å². The molecule has 3 heterocycles. The van der Waals surface area contributed by atoms with Gasteiger partial charge in [-0.1, -0.05) is 18.7 Å². The quantitative estimate of drug-likeness (QED) is 0.548. The predicted molar refractivity (Wildman–Crippen MR) is 79.2 cm³/mol. The summed E-state index contributed by atoms with van der Waals surface area (Å²) in [6.07, 6.45) is 6.58. The van der Waals surface area contributed by atoms with Gasteiger partial charge in [-0.3, -0.25) is 4.40 Å². The SMILES string of the molecule is CCCSc1nc2sc3c(c2c2nncn12)CCC3. The third kappa shape index (κ3) is 1.70. The Morgan fingerprint density at radius 1 is 1.42 bits per heavy atom. The standard InChI is InChI=1S/C13H14N4S2/c1-2-6-18-13-15-12-10(11-16-14-7-17(11)13)8-4-3-5-9(8)19-12/h7H,2-6H2,1H3. The molecule has 0 saturated carbocycles. The van der Waals surface area contributed by atoms with Crippen LogP contribution in [0.25, 0.3) is 15.9 Å². The van der Waals surface area contributed by atoms with Crippen LogP contribution in [-0.4, -0.2) is 25.3 Å². The molecule has 3 aromatic rings. The summed E-state index contributed by atoms with van der Waals surface area (Å²) in [6, 6.07) is 0. The zero-order chi connectivity index (χ0) is 12.8. The van der Waals surface area contributed by atoms with Gasteiger partial charge in [-0.25, -0.2) is 4.98 Å². The third-order valence-corrected chi connectivity index (χ3v) is 5.86. The first-order valence-electron chi connectivity index (χ1n) is 6.65. The number of aryl methyl sites for hydroxylation is 2. The molecule has 19 heavy (non-hydrogen) atoms. The lowest BCUT2D eigenvalue weighted by atomic mass is 10.2. The summed E-state index contributed by atoms with van der Waals surface area (Å²) in [5.41, 5.74) is 2.46. The van der Waals surface area contributed by atoms with Gasteiger partial charge in [0.05, 0.1) is 5.39 Å². The molecule has 98 valence electrons. The van der Waals surface area contributed by atoms with E-state index in [1.807, 2.05) is 15.7 Å². The minimum Gasteiger partial charge on any atom is -0.259 e. The van der Waals surface area contributed by atoms with E-state index in [0.717, 1.165) is 27.8 Å². The smallest absolute Gasteiger partial charge is 0.176 e. The Kier molecular flexibility index (Phi) is 2.73. The molecule has 0 saturated heterocycles. The molecular formula is C13H14N4S2. The third-order valence-electron chi connectivity index (χ3n) is 3.51. The lowest BCUT2D eigenvalue weighted by Gasteiger charge is -2.04. The molecular weight excluding hydrogens is 276 g/mol. The molecule has 6 heteroatoms. The van der Waals surface area contributed by atoms with E-state index >= 15 is 0 Å². The highest BCUT2D eigenvalue weighted by atomic mass is 32.2. The number of thiophene rings is 1. The van der Waals surface area contributed by atoms with Crippen molar-refractivity contribution in [3.05, 3.63) is 16.8 Å². The highest BCUT2D eigenvalue weighted by Crippen LogP contribution is 2.39. The van der Waals surface area contributed by atoms with E-state index in [1.54, 1.807) is 18.1 Å². The van der Waals surface area contributed by atoms with Crippen LogP contribution < -0.4 is 0 Å². The number of nitrogens with zero attached hydrogens (tertiary/aromatic N) is 4. The van der Waals surface area contributed by atoms with Gasteiger partial charge in [0.2, 0.25) is 0 Å². The molecule has 4 nitrogen and oxygen atoms in total. The molecule has 0 aliphatic heterocycles. The average Bonchev–Trinajstić information content (AvgIpc) is 3.08. The Balaban J connectivity index is 2.01. The van der Waals surface area contributed by atoms with E-state index < -0.39 is 0 Å². The molecule has 3 aromatic heterocycles. The van der Waals surface area contributed by atoms with Gasteiger partial charge in [0.25, 0.3) is 0 Å². The van der Waals surface area contributed by atoms with Gasteiger partial charge < -0.3 is 0 Å². The summed E-state index contributed by atoms with van der Waals surface area (Å²) in [5, 5.41) is 10.7. The van der Waals surface area contributed by atoms with Crippen LogP contribution in [-0.2, 0) is 12.8 Å². The minimum absolute atomic E-state index is 0.989. The van der Waals surface area contributed by atoms with Gasteiger partial charge in [-0.2, -0.15) is 0 Å². The van der Waals surface area contributed by atoms with Crippen LogP contribution in [0.3, 0.4) is 0 Å². The normalized spacial score (nSPS) is 14.6. The summed E-state index contributed by atoms with van der Waals surface area (Å²) in [4.78, 5) is 7.49. The van der Waals surface area contributed by atoms with Crippen molar-refractivity contribution in [1.29, 1.82) is 0 Å². The number of thioether (sulfide) groups is 1. The molecule has 0 unspecified atom stereocenters. The van der Waals surface area contributed by atoms with Crippen molar-refractivity contribution in [3.63, 3.8) is 0 Å². The van der Waals surface area contributed by atoms with Gasteiger partial charge in [0, 0.05) is 10.6 Å². The van der Waals surface area contributed by atoms with Gasteiger partial charge in [-0.15, -0.1) is 21.5 Å². The molecule has 0 fully saturated rings. The minimum atomic E-state index is 0.989. The van der Waals surface area contributed by atoms with Crippen molar-refractivity contribution in [1.82, 2.24) is 19.6 Å². The van der Waals surface area contributed by atoms with Crippen LogP contribution in [0, 0.1) is 0 Å². The molecule has 0 bridgehead atoms. The lowest BCUT2D eigenvalue weighted by Crippen LogP contribution is -1.95. The summed E-state index contributed by atoms with van der Waals surface area (Å²) < 4.78 is 2.05. The second-order valence-corrected chi connectivity index (χ2v) is 6.95. The molecule has 0 amide bonds. The molecule has 0 spiro atoms. The highest BCUT2D eigenvalue weighted by Gasteiger charge is 2.22. The Hall–Kier alpha value is -1.14. The van der Waals surface area contributed by atoms with Gasteiger partial charge in [0.1, 0.15) is 11.2 Å². The molecule has 0 radical (unpaired) electrons. The average molecular weight is 290 g/mol. The van der Waals surface area contributed by atoms with Crippen molar-refractivity contribution in [3.8, 4) is 0 Å². The van der Waals surface area contributed by atoms with Crippen LogP contribution in [0.1, 0.15) is 30.2 Å². The van der Waals surface area contributed by atoms with Crippen molar-refractivity contribution < 1.29 is 0 Å². The zero-order valence-electron chi connectivity index (χ0n) is 10.7. The number of hydrogen-bond acceptors (Lipinski definition) is 5. The maximum Gasteiger partial charge on any atom is 0.176 e. The fraction of sp³-hybridized carbons (Fsp3) is 0.462. The van der Waals surface area contributed by atoms with Crippen molar-refractivity contribution in [2.45, 2.75) is 37.8 Å². The van der Waals surface area contributed by atoms with Crippen molar-refractivity contribution in [2.24, 2.45) is 0 Å². The van der Waals surface area contributed by atoms with Crippen LogP contribution in [0.4, 0.5) is 0 Å². The first-order chi connectivity index (χ1) is 9.38. The molecule has 0 atom stereocenters. The van der Waals surface area contributed by atoms with Gasteiger partial charge in [0.15, 0.2) is 10.8 Å². The van der Waals surface area contributed by atoms with E-state index in [1.165, 1.54) is 35.1 Å². The second-order valence-electron chi connectivity index (χ2n) is 4.80. The summed E-state index contributed by atoms with van der Waals surface area (Å²) >= 11 is 3.64. The molecule has 0 N–H and O–H groups in total. The maximum atomic E-state index is 4.84. The van der Waals surface area contributed by atoms with Crippen LogP contribution in [0.5, 0.6) is 0 Å². The first kappa shape index (κ1) is 11.7. The van der Waals surface area contributed by atoms with E-state index in [-0.39, 0.29) is 0 Å². The Morgan fingerprint density at radius 2 is 2.37 bits per heavy atom. The fourth-order valence-electron chi connectivity index (χ4n) is 2.68. The van der Waals surface area contributed by atoms with Gasteiger partial charge in [-0.05, 0) is 31.2 Å². The Morgan fingerprint density at radius 3 is 3.26 bits per heavy atom. The molecule has 1 aliphatic carbocycles. The molecule has 0 aromatic carbocycles. The number of hydrogen-bond donors (Lipinski definition) is 0. The number of aromatic nitrogens is 4. The van der Waals surface area contributed by atoms with Gasteiger partial charge >= 0.3 is 0 Å². The monoisotopic (exact) mass is 290 g/mol. The topological polar surface area (TPSA) is 43.1 Å². The van der Waals surface area contributed by atoms with E-state index in [9.17, 15) is 0 Å². The van der Waals surface area contributed by atoms with E-state index in [0.29, 0.717) is 0 Å². The van der Waals surface area contributed by atoms with Crippen LogP contribution in [0.2, 0.25) is 0 Å². The number of rotatable bonds is 3. The summed E-state index contributed by atoms with van der Waals surface area (Å²) in [6.45, 7) is 2.19. The van der Waals surface area contributed by atoms with Crippen molar-refractivity contribution in [2.75, 3.05) is 5.75 Å². The lowest BCUT2D eigenvalue weighted by molar-refractivity contribution is 0.908. The Bertz CT molecular complexity index is 759. The first-order valence-corrected chi connectivity index (χ1v) is 8.45. The van der Waals surface area contributed by atoms with Crippen LogP contribution in [0.15, 0.2) is 11.5 Å². The second kappa shape index (κ2) is 4.45. The number of fused-ring (bicyclic) bond motifs is 5. The summed E-state index contributed by atoms with van der Waals surface area (Å²) in [7, 11) is 0. The highest BCUT2D eigenvalue weighted by molar-refractivity contribution is 7.99. The Labute approximate surface area is 119 Å². The fourth-order valence-corrected chi connectivity index (χ4v) is 4.81. The maximum absolute atomic E-state index is 4.84. The van der Waals surface area contributed by atoms with E-state index in [4.69, 9.17) is 4.98 Å². The molecule has 1 aliphatic rings. The summed E-state index contributed by atoms with van der Waals surface area (Å²) in [5.74, 6) is 1.08.